The summed E-state index contributed by atoms with van der Waals surface area (Å²) in [6.07, 6.45) is 0.577. The van der Waals surface area contributed by atoms with E-state index in [0.717, 1.165) is 12.1 Å². The van der Waals surface area contributed by atoms with E-state index in [1.165, 1.54) is 24.7 Å². The highest BCUT2D eigenvalue weighted by atomic mass is 19.4. The molecule has 1 atom stereocenters. The second-order valence-corrected chi connectivity index (χ2v) is 8.42. The van der Waals surface area contributed by atoms with Crippen LogP contribution in [0.25, 0.3) is 0 Å². The van der Waals surface area contributed by atoms with E-state index < -0.39 is 34.5 Å². The third-order valence-corrected chi connectivity index (χ3v) is 6.61. The summed E-state index contributed by atoms with van der Waals surface area (Å²) in [7, 11) is 0. The Labute approximate surface area is 187 Å². The maximum atomic E-state index is 13.4. The second kappa shape index (κ2) is 8.35. The average molecular weight is 458 g/mol. The molecule has 1 aromatic heterocycles. The number of nitrogens with two attached hydrogens (primary N) is 1. The third-order valence-electron chi connectivity index (χ3n) is 6.61. The summed E-state index contributed by atoms with van der Waals surface area (Å²) in [5.74, 6) is -1.35. The first-order chi connectivity index (χ1) is 15.6. The topological polar surface area (TPSA) is 116 Å². The van der Waals surface area contributed by atoms with Gasteiger partial charge in [-0.3, -0.25) is 14.6 Å². The summed E-state index contributed by atoms with van der Waals surface area (Å²) in [5, 5.41) is 9.04. The molecule has 1 aromatic carbocycles. The Bertz CT molecular complexity index is 1110. The number of primary amides is 1. The van der Waals surface area contributed by atoms with Crippen molar-refractivity contribution in [3.63, 3.8) is 0 Å². The van der Waals surface area contributed by atoms with Gasteiger partial charge in [-0.1, -0.05) is 0 Å². The number of carbonyl (C=O) groups is 2. The fourth-order valence-electron chi connectivity index (χ4n) is 4.85. The molecule has 172 valence electrons. The molecule has 0 aliphatic carbocycles. The number of anilines is 1. The number of nitriles is 1. The maximum Gasteiger partial charge on any atom is 0.417 e. The largest absolute Gasteiger partial charge is 0.417 e. The fourth-order valence-corrected chi connectivity index (χ4v) is 4.85. The normalized spacial score (nSPS) is 20.0. The molecule has 0 bridgehead atoms. The van der Waals surface area contributed by atoms with Crippen LogP contribution in [0.3, 0.4) is 0 Å². The molecule has 1 spiro atoms. The highest BCUT2D eigenvalue weighted by Gasteiger charge is 2.51. The molecule has 0 radical (unpaired) electrons. The molecule has 4 rings (SSSR count). The number of aromatic nitrogens is 2. The van der Waals surface area contributed by atoms with Crippen LogP contribution < -0.4 is 10.6 Å². The van der Waals surface area contributed by atoms with Crippen molar-refractivity contribution in [3.05, 3.63) is 53.6 Å². The van der Waals surface area contributed by atoms with E-state index in [-0.39, 0.29) is 23.8 Å². The standard InChI is InChI=1S/C22H21F3N6O2/c23-22(24,25)16-9-15(2-1-14(16)10-26)31-12-17(19(27)32)21(13-31)3-7-30(8-4-21)20(33)18-11-28-5-6-29-18/h1-2,5-6,9,11,17H,3-4,7-8,12-13H2,(H2,27,32). The average Bonchev–Trinajstić information content (AvgIpc) is 3.18. The summed E-state index contributed by atoms with van der Waals surface area (Å²) >= 11 is 0. The molecular formula is C22H21F3N6O2. The molecule has 3 heterocycles. The number of hydrogen-bond acceptors (Lipinski definition) is 6. The number of alkyl halides is 3. The predicted octanol–water partition coefficient (Wildman–Crippen LogP) is 2.21. The molecular weight excluding hydrogens is 437 g/mol. The van der Waals surface area contributed by atoms with E-state index in [4.69, 9.17) is 11.0 Å². The fraction of sp³-hybridized carbons (Fsp3) is 0.409. The number of nitrogens with zero attached hydrogens (tertiary/aromatic N) is 5. The highest BCUT2D eigenvalue weighted by molar-refractivity contribution is 5.92. The van der Waals surface area contributed by atoms with Gasteiger partial charge in [0.05, 0.1) is 29.3 Å². The summed E-state index contributed by atoms with van der Waals surface area (Å²) in [4.78, 5) is 36.3. The van der Waals surface area contributed by atoms with Crippen molar-refractivity contribution < 1.29 is 22.8 Å². The Morgan fingerprint density at radius 1 is 1.21 bits per heavy atom. The van der Waals surface area contributed by atoms with E-state index in [1.54, 1.807) is 15.9 Å². The Kier molecular flexibility index (Phi) is 5.69. The quantitative estimate of drug-likeness (QED) is 0.754. The molecule has 2 N–H and O–H groups in total. The van der Waals surface area contributed by atoms with Gasteiger partial charge in [0.25, 0.3) is 5.91 Å². The predicted molar refractivity (Wildman–Crippen MR) is 111 cm³/mol. The zero-order valence-electron chi connectivity index (χ0n) is 17.5. The summed E-state index contributed by atoms with van der Waals surface area (Å²) in [5.41, 5.74) is 4.17. The Morgan fingerprint density at radius 2 is 1.94 bits per heavy atom. The number of halogens is 3. The maximum absolute atomic E-state index is 13.4. The minimum absolute atomic E-state index is 0.177. The number of piperidine rings is 1. The van der Waals surface area contributed by atoms with Crippen LogP contribution in [0, 0.1) is 22.7 Å². The van der Waals surface area contributed by atoms with E-state index in [9.17, 15) is 22.8 Å². The lowest BCUT2D eigenvalue weighted by atomic mass is 9.70. The Hall–Kier alpha value is -3.68. The monoisotopic (exact) mass is 458 g/mol. The number of benzene rings is 1. The smallest absolute Gasteiger partial charge is 0.370 e. The minimum atomic E-state index is -4.67. The number of hydrogen-bond donors (Lipinski definition) is 1. The first-order valence-corrected chi connectivity index (χ1v) is 10.4. The van der Waals surface area contributed by atoms with Crippen LogP contribution in [0.2, 0.25) is 0 Å². The molecule has 2 amide bonds. The molecule has 2 aliphatic rings. The number of amides is 2. The van der Waals surface area contributed by atoms with Gasteiger partial charge in [-0.05, 0) is 31.0 Å². The third kappa shape index (κ3) is 4.20. The van der Waals surface area contributed by atoms with Crippen LogP contribution in [-0.2, 0) is 11.0 Å². The van der Waals surface area contributed by atoms with Crippen LogP contribution in [0.1, 0.15) is 34.5 Å². The van der Waals surface area contributed by atoms with Gasteiger partial charge in [0.2, 0.25) is 5.91 Å². The Balaban J connectivity index is 1.56. The van der Waals surface area contributed by atoms with Gasteiger partial charge in [-0.25, -0.2) is 4.98 Å². The summed E-state index contributed by atoms with van der Waals surface area (Å²) < 4.78 is 40.3. The van der Waals surface area contributed by atoms with Gasteiger partial charge in [0, 0.05) is 49.7 Å². The lowest BCUT2D eigenvalue weighted by Crippen LogP contribution is -2.49. The van der Waals surface area contributed by atoms with Crippen LogP contribution in [0.5, 0.6) is 0 Å². The van der Waals surface area contributed by atoms with E-state index in [2.05, 4.69) is 9.97 Å². The molecule has 2 fully saturated rings. The van der Waals surface area contributed by atoms with Crippen LogP contribution in [-0.4, -0.2) is 52.9 Å². The number of likely N-dealkylation sites (tertiary alicyclic amines) is 1. The molecule has 2 aromatic rings. The van der Waals surface area contributed by atoms with Crippen molar-refractivity contribution in [3.8, 4) is 6.07 Å². The van der Waals surface area contributed by atoms with Crippen LogP contribution >= 0.6 is 0 Å². The van der Waals surface area contributed by atoms with Crippen LogP contribution in [0.15, 0.2) is 36.8 Å². The summed E-state index contributed by atoms with van der Waals surface area (Å²) in [6.45, 7) is 1.25. The van der Waals surface area contributed by atoms with Gasteiger partial charge in [-0.2, -0.15) is 18.4 Å². The van der Waals surface area contributed by atoms with Crippen molar-refractivity contribution in [2.24, 2.45) is 17.1 Å². The van der Waals surface area contributed by atoms with Crippen LogP contribution in [0.4, 0.5) is 18.9 Å². The van der Waals surface area contributed by atoms with E-state index in [1.807, 2.05) is 0 Å². The van der Waals surface area contributed by atoms with Gasteiger partial charge < -0.3 is 15.5 Å². The van der Waals surface area contributed by atoms with Crippen molar-refractivity contribution in [1.82, 2.24) is 14.9 Å². The molecule has 1 unspecified atom stereocenters. The zero-order chi connectivity index (χ0) is 23.8. The molecule has 0 saturated carbocycles. The van der Waals surface area contributed by atoms with E-state index >= 15 is 0 Å². The number of rotatable bonds is 3. The van der Waals surface area contributed by atoms with Crippen molar-refractivity contribution >= 4 is 17.5 Å². The molecule has 2 aliphatic heterocycles. The minimum Gasteiger partial charge on any atom is -0.370 e. The van der Waals surface area contributed by atoms with Crippen molar-refractivity contribution in [2.75, 3.05) is 31.1 Å². The lowest BCUT2D eigenvalue weighted by molar-refractivity contribution is -0.137. The van der Waals surface area contributed by atoms with Gasteiger partial charge >= 0.3 is 6.18 Å². The van der Waals surface area contributed by atoms with Gasteiger partial charge in [-0.15, -0.1) is 0 Å². The van der Waals surface area contributed by atoms with Crippen molar-refractivity contribution in [2.45, 2.75) is 19.0 Å². The van der Waals surface area contributed by atoms with Gasteiger partial charge in [0.15, 0.2) is 0 Å². The lowest BCUT2D eigenvalue weighted by Gasteiger charge is -2.41. The molecule has 8 nitrogen and oxygen atoms in total. The Morgan fingerprint density at radius 3 is 2.52 bits per heavy atom. The first-order valence-electron chi connectivity index (χ1n) is 10.4. The molecule has 33 heavy (non-hydrogen) atoms. The first kappa shape index (κ1) is 22.5. The SMILES string of the molecule is N#Cc1ccc(N2CC(C(N)=O)C3(CCN(C(=O)c4cnccn4)CC3)C2)cc1C(F)(F)F. The summed E-state index contributed by atoms with van der Waals surface area (Å²) in [6, 6.07) is 5.12. The highest BCUT2D eigenvalue weighted by Crippen LogP contribution is 2.46. The zero-order valence-corrected chi connectivity index (χ0v) is 17.5. The van der Waals surface area contributed by atoms with Gasteiger partial charge in [0.1, 0.15) is 5.69 Å². The number of carbonyl (C=O) groups excluding carboxylic acids is 2. The second-order valence-electron chi connectivity index (χ2n) is 8.42. The van der Waals surface area contributed by atoms with Crippen molar-refractivity contribution in [1.29, 1.82) is 5.26 Å². The van der Waals surface area contributed by atoms with E-state index in [0.29, 0.717) is 32.5 Å². The molecule has 11 heteroatoms. The molecule has 2 saturated heterocycles.